The van der Waals surface area contributed by atoms with Crippen LogP contribution in [-0.4, -0.2) is 35.4 Å². The molecule has 0 saturated heterocycles. The summed E-state index contributed by atoms with van der Waals surface area (Å²) in [5, 5.41) is 3.80. The Morgan fingerprint density at radius 3 is 2.81 bits per heavy atom. The van der Waals surface area contributed by atoms with Gasteiger partial charge in [0.2, 0.25) is 0 Å². The first-order chi connectivity index (χ1) is 7.60. The lowest BCUT2D eigenvalue weighted by Crippen LogP contribution is -2.16. The molecule has 0 atom stereocenters. The highest BCUT2D eigenvalue weighted by Gasteiger charge is 2.17. The van der Waals surface area contributed by atoms with Gasteiger partial charge in [-0.1, -0.05) is 0 Å². The predicted molar refractivity (Wildman–Crippen MR) is 54.6 cm³/mol. The first-order valence-electron chi connectivity index (χ1n) is 4.65. The number of carbonyl (C=O) groups excluding carboxylic acids is 2. The molecule has 0 aliphatic heterocycles. The van der Waals surface area contributed by atoms with E-state index in [1.165, 1.54) is 18.0 Å². The third-order valence-electron chi connectivity index (χ3n) is 1.87. The Morgan fingerprint density at radius 1 is 1.56 bits per heavy atom. The zero-order chi connectivity index (χ0) is 12.1. The Balaban J connectivity index is 2.80. The Labute approximate surface area is 92.1 Å². The highest BCUT2D eigenvalue weighted by molar-refractivity contribution is 5.94. The Morgan fingerprint density at radius 2 is 2.25 bits per heavy atom. The van der Waals surface area contributed by atoms with Gasteiger partial charge in [-0.2, -0.15) is 5.10 Å². The second-order valence-corrected chi connectivity index (χ2v) is 2.90. The maximum absolute atomic E-state index is 11.2. The SMILES string of the molecule is CCOC(=O)Cn1ncc(C(=O)OC)c1N. The van der Waals surface area contributed by atoms with E-state index in [1.807, 2.05) is 0 Å². The molecule has 7 heteroatoms. The van der Waals surface area contributed by atoms with Crippen molar-refractivity contribution in [2.75, 3.05) is 19.5 Å². The number of rotatable bonds is 4. The lowest BCUT2D eigenvalue weighted by Gasteiger charge is -2.04. The van der Waals surface area contributed by atoms with E-state index in [-0.39, 0.29) is 24.5 Å². The standard InChI is InChI=1S/C9H13N3O4/c1-3-16-7(13)5-12-8(10)6(4-11-12)9(14)15-2/h4H,3,5,10H2,1-2H3. The number of nitrogen functional groups attached to an aromatic ring is 1. The maximum Gasteiger partial charge on any atom is 0.343 e. The fraction of sp³-hybridized carbons (Fsp3) is 0.444. The monoisotopic (exact) mass is 227 g/mol. The second kappa shape index (κ2) is 5.15. The third-order valence-corrected chi connectivity index (χ3v) is 1.87. The van der Waals surface area contributed by atoms with Crippen LogP contribution in [0.25, 0.3) is 0 Å². The molecule has 0 unspecified atom stereocenters. The van der Waals surface area contributed by atoms with E-state index < -0.39 is 11.9 Å². The van der Waals surface area contributed by atoms with Crippen LogP contribution in [0.2, 0.25) is 0 Å². The van der Waals surface area contributed by atoms with Crippen molar-refractivity contribution in [2.24, 2.45) is 0 Å². The van der Waals surface area contributed by atoms with Crippen LogP contribution in [0.4, 0.5) is 5.82 Å². The van der Waals surface area contributed by atoms with Crippen molar-refractivity contribution in [1.82, 2.24) is 9.78 Å². The summed E-state index contributed by atoms with van der Waals surface area (Å²) in [4.78, 5) is 22.3. The summed E-state index contributed by atoms with van der Waals surface area (Å²) in [7, 11) is 1.24. The summed E-state index contributed by atoms with van der Waals surface area (Å²) in [6.07, 6.45) is 1.25. The van der Waals surface area contributed by atoms with Gasteiger partial charge in [0.05, 0.1) is 19.9 Å². The normalized spacial score (nSPS) is 9.88. The molecule has 0 radical (unpaired) electrons. The van der Waals surface area contributed by atoms with Crippen molar-refractivity contribution in [2.45, 2.75) is 13.5 Å². The van der Waals surface area contributed by atoms with Crippen molar-refractivity contribution in [3.63, 3.8) is 0 Å². The molecule has 7 nitrogen and oxygen atoms in total. The van der Waals surface area contributed by atoms with E-state index in [0.717, 1.165) is 0 Å². The number of nitrogens with two attached hydrogens (primary N) is 1. The zero-order valence-corrected chi connectivity index (χ0v) is 9.10. The molecule has 2 N–H and O–H groups in total. The number of esters is 2. The van der Waals surface area contributed by atoms with Crippen LogP contribution in [0.3, 0.4) is 0 Å². The highest BCUT2D eigenvalue weighted by atomic mass is 16.5. The average Bonchev–Trinajstić information content (AvgIpc) is 2.60. The molecule has 1 aromatic heterocycles. The van der Waals surface area contributed by atoms with Gasteiger partial charge < -0.3 is 15.2 Å². The second-order valence-electron chi connectivity index (χ2n) is 2.90. The first-order valence-corrected chi connectivity index (χ1v) is 4.65. The van der Waals surface area contributed by atoms with E-state index in [4.69, 9.17) is 10.5 Å². The summed E-state index contributed by atoms with van der Waals surface area (Å²) in [6, 6.07) is 0. The van der Waals surface area contributed by atoms with E-state index in [9.17, 15) is 9.59 Å². The van der Waals surface area contributed by atoms with Crippen LogP contribution in [0.1, 0.15) is 17.3 Å². The first kappa shape index (κ1) is 12.0. The summed E-state index contributed by atoms with van der Waals surface area (Å²) in [5.74, 6) is -0.971. The molecular weight excluding hydrogens is 214 g/mol. The van der Waals surface area contributed by atoms with Crippen LogP contribution >= 0.6 is 0 Å². The van der Waals surface area contributed by atoms with Crippen molar-refractivity contribution in [3.05, 3.63) is 11.8 Å². The van der Waals surface area contributed by atoms with Crippen molar-refractivity contribution in [1.29, 1.82) is 0 Å². The zero-order valence-electron chi connectivity index (χ0n) is 9.10. The number of nitrogens with zero attached hydrogens (tertiary/aromatic N) is 2. The molecule has 0 aliphatic rings. The fourth-order valence-corrected chi connectivity index (χ4v) is 1.12. The molecule has 16 heavy (non-hydrogen) atoms. The van der Waals surface area contributed by atoms with Gasteiger partial charge in [-0.15, -0.1) is 0 Å². The van der Waals surface area contributed by atoms with Gasteiger partial charge in [-0.05, 0) is 6.92 Å². The minimum atomic E-state index is -0.590. The van der Waals surface area contributed by atoms with Crippen LogP contribution < -0.4 is 5.73 Å². The van der Waals surface area contributed by atoms with Crippen LogP contribution in [-0.2, 0) is 20.8 Å². The molecule has 1 aromatic rings. The topological polar surface area (TPSA) is 96.4 Å². The number of aromatic nitrogens is 2. The van der Waals surface area contributed by atoms with E-state index in [0.29, 0.717) is 0 Å². The minimum Gasteiger partial charge on any atom is -0.465 e. The molecular formula is C9H13N3O4. The number of carbonyl (C=O) groups is 2. The van der Waals surface area contributed by atoms with Gasteiger partial charge in [0.1, 0.15) is 17.9 Å². The number of ether oxygens (including phenoxy) is 2. The minimum absolute atomic E-state index is 0.0832. The average molecular weight is 227 g/mol. The van der Waals surface area contributed by atoms with Gasteiger partial charge in [0.25, 0.3) is 0 Å². The number of anilines is 1. The molecule has 0 saturated carbocycles. The number of hydrogen-bond acceptors (Lipinski definition) is 6. The largest absolute Gasteiger partial charge is 0.465 e. The molecule has 0 bridgehead atoms. The van der Waals surface area contributed by atoms with E-state index >= 15 is 0 Å². The van der Waals surface area contributed by atoms with E-state index in [2.05, 4.69) is 9.84 Å². The molecule has 0 spiro atoms. The smallest absolute Gasteiger partial charge is 0.343 e. The number of hydrogen-bond donors (Lipinski definition) is 1. The third kappa shape index (κ3) is 2.50. The fourth-order valence-electron chi connectivity index (χ4n) is 1.12. The molecule has 1 heterocycles. The molecule has 0 aromatic carbocycles. The van der Waals surface area contributed by atoms with Crippen LogP contribution in [0.15, 0.2) is 6.20 Å². The van der Waals surface area contributed by atoms with Gasteiger partial charge in [0, 0.05) is 0 Å². The lowest BCUT2D eigenvalue weighted by molar-refractivity contribution is -0.144. The van der Waals surface area contributed by atoms with Gasteiger partial charge in [0.15, 0.2) is 0 Å². The Kier molecular flexibility index (Phi) is 3.87. The lowest BCUT2D eigenvalue weighted by atomic mass is 10.3. The van der Waals surface area contributed by atoms with Crippen molar-refractivity contribution in [3.8, 4) is 0 Å². The molecule has 1 rings (SSSR count). The van der Waals surface area contributed by atoms with Crippen LogP contribution in [0.5, 0.6) is 0 Å². The Hall–Kier alpha value is -2.05. The highest BCUT2D eigenvalue weighted by Crippen LogP contribution is 2.11. The molecule has 0 fully saturated rings. The molecule has 0 aliphatic carbocycles. The van der Waals surface area contributed by atoms with E-state index in [1.54, 1.807) is 6.92 Å². The van der Waals surface area contributed by atoms with Crippen molar-refractivity contribution < 1.29 is 19.1 Å². The number of methoxy groups -OCH3 is 1. The van der Waals surface area contributed by atoms with Crippen molar-refractivity contribution >= 4 is 17.8 Å². The summed E-state index contributed by atoms with van der Waals surface area (Å²) in [5.41, 5.74) is 5.75. The quantitative estimate of drug-likeness (QED) is 0.716. The van der Waals surface area contributed by atoms with Gasteiger partial charge in [-0.3, -0.25) is 4.79 Å². The molecule has 88 valence electrons. The van der Waals surface area contributed by atoms with Gasteiger partial charge in [-0.25, -0.2) is 9.48 Å². The molecule has 0 amide bonds. The van der Waals surface area contributed by atoms with Crippen LogP contribution in [0, 0.1) is 0 Å². The Bertz CT molecular complexity index is 399. The maximum atomic E-state index is 11.2. The summed E-state index contributed by atoms with van der Waals surface area (Å²) >= 11 is 0. The van der Waals surface area contributed by atoms with Gasteiger partial charge >= 0.3 is 11.9 Å². The predicted octanol–water partition coefficient (Wildman–Crippen LogP) is -0.185. The summed E-state index contributed by atoms with van der Waals surface area (Å²) < 4.78 is 10.4. The summed E-state index contributed by atoms with van der Waals surface area (Å²) in [6.45, 7) is 1.85.